The Morgan fingerprint density at radius 2 is 1.85 bits per heavy atom. The van der Waals surface area contributed by atoms with Crippen LogP contribution in [0.15, 0.2) is 48.5 Å². The van der Waals surface area contributed by atoms with Gasteiger partial charge in [0.1, 0.15) is 5.69 Å². The first-order valence-corrected chi connectivity index (χ1v) is 7.95. The Labute approximate surface area is 150 Å². The summed E-state index contributed by atoms with van der Waals surface area (Å²) in [5, 5.41) is 25.7. The fourth-order valence-electron chi connectivity index (χ4n) is 2.32. The number of benzene rings is 2. The van der Waals surface area contributed by atoms with Gasteiger partial charge in [0.25, 0.3) is 5.69 Å². The van der Waals surface area contributed by atoms with Crippen molar-refractivity contribution in [2.75, 3.05) is 11.9 Å². The first kappa shape index (κ1) is 19.1. The van der Waals surface area contributed by atoms with Gasteiger partial charge in [-0.25, -0.2) is 0 Å². The largest absolute Gasteiger partial charge is 0.388 e. The van der Waals surface area contributed by atoms with Gasteiger partial charge in [-0.2, -0.15) is 0 Å². The van der Waals surface area contributed by atoms with Crippen LogP contribution in [0.4, 0.5) is 11.4 Å². The van der Waals surface area contributed by atoms with Crippen LogP contribution in [0.2, 0.25) is 0 Å². The fourth-order valence-corrected chi connectivity index (χ4v) is 2.32. The number of aliphatic hydroxyl groups excluding tert-OH is 1. The second kappa shape index (κ2) is 8.72. The predicted molar refractivity (Wildman–Crippen MR) is 95.5 cm³/mol. The zero-order valence-electron chi connectivity index (χ0n) is 14.1. The van der Waals surface area contributed by atoms with Crippen molar-refractivity contribution < 1.29 is 19.6 Å². The molecule has 0 saturated carbocycles. The van der Waals surface area contributed by atoms with E-state index in [9.17, 15) is 24.8 Å². The first-order valence-electron chi connectivity index (χ1n) is 7.95. The van der Waals surface area contributed by atoms with Crippen molar-refractivity contribution in [3.05, 3.63) is 69.8 Å². The highest BCUT2D eigenvalue weighted by atomic mass is 16.6. The lowest BCUT2D eigenvalue weighted by Gasteiger charge is -2.11. The van der Waals surface area contributed by atoms with E-state index < -0.39 is 22.8 Å². The standard InChI is InChI=1S/C18H19N3O5/c1-12-7-8-14(15(11-12)21(25)26)20-18(24)17(23)19-10-9-16(22)13-5-3-2-4-6-13/h2-8,11,16,22H,9-10H2,1H3,(H,19,23)(H,20,24). The lowest BCUT2D eigenvalue weighted by Crippen LogP contribution is -2.36. The van der Waals surface area contributed by atoms with Gasteiger partial charge in [-0.05, 0) is 30.5 Å². The molecule has 0 bridgehead atoms. The molecule has 26 heavy (non-hydrogen) atoms. The van der Waals surface area contributed by atoms with Crippen LogP contribution in [0.3, 0.4) is 0 Å². The number of amides is 2. The molecule has 0 aliphatic carbocycles. The molecule has 0 aliphatic rings. The molecule has 0 fully saturated rings. The van der Waals surface area contributed by atoms with Crippen LogP contribution in [-0.2, 0) is 9.59 Å². The second-order valence-electron chi connectivity index (χ2n) is 5.70. The summed E-state index contributed by atoms with van der Waals surface area (Å²) in [6.45, 7) is 1.77. The highest BCUT2D eigenvalue weighted by Crippen LogP contribution is 2.25. The van der Waals surface area contributed by atoms with Gasteiger partial charge in [0, 0.05) is 12.6 Å². The third-order valence-corrected chi connectivity index (χ3v) is 3.69. The molecule has 8 heteroatoms. The van der Waals surface area contributed by atoms with Crippen molar-refractivity contribution in [1.82, 2.24) is 5.32 Å². The van der Waals surface area contributed by atoms with Crippen LogP contribution in [0.1, 0.15) is 23.7 Å². The number of nitrogens with one attached hydrogen (secondary N) is 2. The van der Waals surface area contributed by atoms with Crippen molar-refractivity contribution >= 4 is 23.2 Å². The number of aryl methyl sites for hydroxylation is 1. The summed E-state index contributed by atoms with van der Waals surface area (Å²) in [5.41, 5.74) is 1.03. The fraction of sp³-hybridized carbons (Fsp3) is 0.222. The molecule has 2 aromatic rings. The number of nitrogens with zero attached hydrogens (tertiary/aromatic N) is 1. The summed E-state index contributed by atoms with van der Waals surface area (Å²) in [6, 6.07) is 13.2. The SMILES string of the molecule is Cc1ccc(NC(=O)C(=O)NCCC(O)c2ccccc2)c([N+](=O)[O-])c1. The summed E-state index contributed by atoms with van der Waals surface area (Å²) < 4.78 is 0. The summed E-state index contributed by atoms with van der Waals surface area (Å²) in [7, 11) is 0. The zero-order chi connectivity index (χ0) is 19.1. The number of carbonyl (C=O) groups is 2. The Balaban J connectivity index is 1.88. The number of rotatable bonds is 6. The van der Waals surface area contributed by atoms with E-state index in [1.54, 1.807) is 37.3 Å². The third kappa shape index (κ3) is 5.12. The van der Waals surface area contributed by atoms with E-state index in [4.69, 9.17) is 0 Å². The van der Waals surface area contributed by atoms with Crippen LogP contribution >= 0.6 is 0 Å². The Hall–Kier alpha value is -3.26. The molecular formula is C18H19N3O5. The van der Waals surface area contributed by atoms with Gasteiger partial charge < -0.3 is 15.7 Å². The van der Waals surface area contributed by atoms with Gasteiger partial charge in [0.05, 0.1) is 11.0 Å². The van der Waals surface area contributed by atoms with Crippen LogP contribution < -0.4 is 10.6 Å². The molecule has 2 rings (SSSR count). The molecule has 2 aromatic carbocycles. The third-order valence-electron chi connectivity index (χ3n) is 3.69. The smallest absolute Gasteiger partial charge is 0.313 e. The van der Waals surface area contributed by atoms with Gasteiger partial charge in [0.2, 0.25) is 0 Å². The summed E-state index contributed by atoms with van der Waals surface area (Å²) in [6.07, 6.45) is -0.536. The number of carbonyl (C=O) groups excluding carboxylic acids is 2. The van der Waals surface area contributed by atoms with Crippen LogP contribution in [0.5, 0.6) is 0 Å². The van der Waals surface area contributed by atoms with E-state index in [0.29, 0.717) is 11.1 Å². The van der Waals surface area contributed by atoms with Gasteiger partial charge in [-0.3, -0.25) is 19.7 Å². The zero-order valence-corrected chi connectivity index (χ0v) is 14.1. The Morgan fingerprint density at radius 1 is 1.15 bits per heavy atom. The molecule has 3 N–H and O–H groups in total. The summed E-state index contributed by atoms with van der Waals surface area (Å²) in [4.78, 5) is 34.2. The Kier molecular flexibility index (Phi) is 6.40. The quantitative estimate of drug-likeness (QED) is 0.415. The normalized spacial score (nSPS) is 11.5. The molecule has 1 unspecified atom stereocenters. The first-order chi connectivity index (χ1) is 12.4. The monoisotopic (exact) mass is 357 g/mol. The summed E-state index contributed by atoms with van der Waals surface area (Å²) in [5.74, 6) is -1.94. The molecular weight excluding hydrogens is 338 g/mol. The highest BCUT2D eigenvalue weighted by Gasteiger charge is 2.20. The molecule has 1 atom stereocenters. The number of nitro groups is 1. The lowest BCUT2D eigenvalue weighted by molar-refractivity contribution is -0.384. The Morgan fingerprint density at radius 3 is 2.50 bits per heavy atom. The van der Waals surface area contributed by atoms with E-state index in [-0.39, 0.29) is 24.3 Å². The van der Waals surface area contributed by atoms with E-state index >= 15 is 0 Å². The molecule has 0 saturated heterocycles. The minimum atomic E-state index is -1.01. The average molecular weight is 357 g/mol. The molecule has 0 aliphatic heterocycles. The molecule has 2 amide bonds. The maximum absolute atomic E-state index is 11.9. The molecule has 0 heterocycles. The molecule has 0 aromatic heterocycles. The van der Waals surface area contributed by atoms with Crippen LogP contribution in [0, 0.1) is 17.0 Å². The van der Waals surface area contributed by atoms with E-state index in [0.717, 1.165) is 0 Å². The van der Waals surface area contributed by atoms with Crippen molar-refractivity contribution in [2.24, 2.45) is 0 Å². The molecule has 136 valence electrons. The van der Waals surface area contributed by atoms with Gasteiger partial charge in [-0.1, -0.05) is 36.4 Å². The van der Waals surface area contributed by atoms with E-state index in [2.05, 4.69) is 10.6 Å². The molecule has 0 spiro atoms. The maximum Gasteiger partial charge on any atom is 0.313 e. The van der Waals surface area contributed by atoms with E-state index in [1.807, 2.05) is 6.07 Å². The maximum atomic E-state index is 11.9. The minimum absolute atomic E-state index is 0.0509. The average Bonchev–Trinajstić information content (AvgIpc) is 2.63. The minimum Gasteiger partial charge on any atom is -0.388 e. The predicted octanol–water partition coefficient (Wildman–Crippen LogP) is 2.08. The second-order valence-corrected chi connectivity index (χ2v) is 5.70. The number of anilines is 1. The number of hydrogen-bond acceptors (Lipinski definition) is 5. The van der Waals surface area contributed by atoms with Crippen molar-refractivity contribution in [1.29, 1.82) is 0 Å². The van der Waals surface area contributed by atoms with Crippen molar-refractivity contribution in [2.45, 2.75) is 19.4 Å². The molecule has 0 radical (unpaired) electrons. The Bertz CT molecular complexity index is 808. The molecule has 8 nitrogen and oxygen atoms in total. The number of nitro benzene ring substituents is 1. The summed E-state index contributed by atoms with van der Waals surface area (Å²) >= 11 is 0. The topological polar surface area (TPSA) is 122 Å². The van der Waals surface area contributed by atoms with E-state index in [1.165, 1.54) is 12.1 Å². The number of hydrogen-bond donors (Lipinski definition) is 3. The van der Waals surface area contributed by atoms with Gasteiger partial charge in [-0.15, -0.1) is 0 Å². The van der Waals surface area contributed by atoms with Crippen LogP contribution in [-0.4, -0.2) is 28.4 Å². The van der Waals surface area contributed by atoms with Gasteiger partial charge in [0.15, 0.2) is 0 Å². The highest BCUT2D eigenvalue weighted by molar-refractivity contribution is 6.39. The lowest BCUT2D eigenvalue weighted by atomic mass is 10.1. The van der Waals surface area contributed by atoms with Crippen molar-refractivity contribution in [3.8, 4) is 0 Å². The van der Waals surface area contributed by atoms with Crippen molar-refractivity contribution in [3.63, 3.8) is 0 Å². The van der Waals surface area contributed by atoms with Crippen LogP contribution in [0.25, 0.3) is 0 Å². The van der Waals surface area contributed by atoms with Gasteiger partial charge >= 0.3 is 11.8 Å². The number of aliphatic hydroxyl groups is 1.